The average Bonchev–Trinajstić information content (AvgIpc) is 2.75. The fourth-order valence-corrected chi connectivity index (χ4v) is 3.14. The standard InChI is InChI=1S/C25H26N2O3/c1-18-11-13-23(14-12-18)30-16-15-26-24(20-7-4-3-5-8-20)25(29)27-22-10-6-9-21(17-22)19(2)28/h3-14,17,24,26H,15-16H2,1-2H3,(H,27,29)/p+1/t24-/m0/s1. The van der Waals surface area contributed by atoms with E-state index in [9.17, 15) is 9.59 Å². The average molecular weight is 404 g/mol. The van der Waals surface area contributed by atoms with Gasteiger partial charge in [0.05, 0.1) is 0 Å². The van der Waals surface area contributed by atoms with Crippen LogP contribution >= 0.6 is 0 Å². The number of carbonyl (C=O) groups excluding carboxylic acids is 2. The molecule has 3 N–H and O–H groups in total. The molecule has 0 radical (unpaired) electrons. The minimum atomic E-state index is -0.422. The summed E-state index contributed by atoms with van der Waals surface area (Å²) in [7, 11) is 0. The third kappa shape index (κ3) is 6.03. The molecule has 3 aromatic rings. The van der Waals surface area contributed by atoms with E-state index in [-0.39, 0.29) is 11.7 Å². The van der Waals surface area contributed by atoms with Crippen LogP contribution in [0.4, 0.5) is 5.69 Å². The topological polar surface area (TPSA) is 72.0 Å². The lowest BCUT2D eigenvalue weighted by Crippen LogP contribution is -2.88. The van der Waals surface area contributed by atoms with E-state index in [2.05, 4.69) is 5.32 Å². The minimum Gasteiger partial charge on any atom is -0.488 e. The Labute approximate surface area is 177 Å². The van der Waals surface area contributed by atoms with Crippen molar-refractivity contribution < 1.29 is 19.6 Å². The zero-order valence-corrected chi connectivity index (χ0v) is 17.3. The zero-order chi connectivity index (χ0) is 21.3. The summed E-state index contributed by atoms with van der Waals surface area (Å²) in [5, 5.41) is 4.90. The van der Waals surface area contributed by atoms with Crippen LogP contribution < -0.4 is 15.4 Å². The van der Waals surface area contributed by atoms with E-state index < -0.39 is 6.04 Å². The Morgan fingerprint density at radius 1 is 0.967 bits per heavy atom. The van der Waals surface area contributed by atoms with Crippen LogP contribution in [-0.4, -0.2) is 24.8 Å². The van der Waals surface area contributed by atoms with E-state index in [1.54, 1.807) is 24.3 Å². The summed E-state index contributed by atoms with van der Waals surface area (Å²) in [4.78, 5) is 24.6. The van der Waals surface area contributed by atoms with E-state index in [1.165, 1.54) is 12.5 Å². The molecule has 0 bridgehead atoms. The second-order valence-electron chi connectivity index (χ2n) is 7.20. The Bertz CT molecular complexity index is 985. The maximum atomic E-state index is 13.0. The van der Waals surface area contributed by atoms with E-state index in [0.717, 1.165) is 11.3 Å². The van der Waals surface area contributed by atoms with E-state index in [4.69, 9.17) is 4.74 Å². The first-order valence-electron chi connectivity index (χ1n) is 10.0. The molecule has 5 heteroatoms. The van der Waals surface area contributed by atoms with E-state index in [1.807, 2.05) is 66.8 Å². The largest absolute Gasteiger partial charge is 0.488 e. The Morgan fingerprint density at radius 2 is 1.70 bits per heavy atom. The van der Waals surface area contributed by atoms with Crippen molar-refractivity contribution in [1.29, 1.82) is 0 Å². The van der Waals surface area contributed by atoms with Gasteiger partial charge >= 0.3 is 0 Å². The van der Waals surface area contributed by atoms with Crippen molar-refractivity contribution in [2.45, 2.75) is 19.9 Å². The minimum absolute atomic E-state index is 0.0366. The molecular weight excluding hydrogens is 376 g/mol. The molecule has 0 fully saturated rings. The maximum Gasteiger partial charge on any atom is 0.287 e. The number of ether oxygens (including phenoxy) is 1. The first-order valence-corrected chi connectivity index (χ1v) is 10.0. The number of carbonyl (C=O) groups is 2. The van der Waals surface area contributed by atoms with Gasteiger partial charge in [0, 0.05) is 16.8 Å². The first-order chi connectivity index (χ1) is 14.5. The van der Waals surface area contributed by atoms with Crippen molar-refractivity contribution in [1.82, 2.24) is 0 Å². The highest BCUT2D eigenvalue weighted by atomic mass is 16.5. The molecule has 0 aromatic heterocycles. The highest BCUT2D eigenvalue weighted by Gasteiger charge is 2.24. The fourth-order valence-electron chi connectivity index (χ4n) is 3.14. The van der Waals surface area contributed by atoms with Crippen LogP contribution in [0.3, 0.4) is 0 Å². The number of quaternary nitrogens is 1. The predicted octanol–water partition coefficient (Wildman–Crippen LogP) is 3.52. The van der Waals surface area contributed by atoms with Crippen molar-refractivity contribution in [3.63, 3.8) is 0 Å². The highest BCUT2D eigenvalue weighted by Crippen LogP contribution is 2.15. The number of nitrogens with two attached hydrogens (primary N) is 1. The van der Waals surface area contributed by atoms with Crippen LogP contribution in [0.1, 0.15) is 34.5 Å². The summed E-state index contributed by atoms with van der Waals surface area (Å²) in [5.74, 6) is 0.638. The van der Waals surface area contributed by atoms with Gasteiger partial charge in [0.1, 0.15) is 18.9 Å². The summed E-state index contributed by atoms with van der Waals surface area (Å²) < 4.78 is 5.79. The zero-order valence-electron chi connectivity index (χ0n) is 17.3. The maximum absolute atomic E-state index is 13.0. The molecule has 0 saturated heterocycles. The van der Waals surface area contributed by atoms with E-state index >= 15 is 0 Å². The number of ketones is 1. The summed E-state index contributed by atoms with van der Waals surface area (Å²) in [6.45, 7) is 4.65. The molecule has 30 heavy (non-hydrogen) atoms. The molecule has 0 aliphatic carbocycles. The van der Waals surface area contributed by atoms with Crippen LogP contribution in [0.15, 0.2) is 78.9 Å². The molecule has 5 nitrogen and oxygen atoms in total. The molecule has 0 aliphatic rings. The molecule has 1 amide bonds. The number of benzene rings is 3. The van der Waals surface area contributed by atoms with Gasteiger partial charge in [0.15, 0.2) is 11.8 Å². The Kier molecular flexibility index (Phi) is 7.35. The molecule has 3 rings (SSSR count). The number of hydrogen-bond acceptors (Lipinski definition) is 3. The molecule has 0 heterocycles. The van der Waals surface area contributed by atoms with E-state index in [0.29, 0.717) is 24.4 Å². The van der Waals surface area contributed by atoms with Gasteiger partial charge in [-0.2, -0.15) is 0 Å². The Morgan fingerprint density at radius 3 is 2.40 bits per heavy atom. The molecule has 1 atom stereocenters. The molecule has 154 valence electrons. The van der Waals surface area contributed by atoms with Crippen molar-refractivity contribution in [2.24, 2.45) is 0 Å². The lowest BCUT2D eigenvalue weighted by molar-refractivity contribution is -0.682. The molecular formula is C25H27N2O3+. The smallest absolute Gasteiger partial charge is 0.287 e. The molecule has 0 unspecified atom stereocenters. The number of aryl methyl sites for hydroxylation is 1. The number of amides is 1. The van der Waals surface area contributed by atoms with Crippen LogP contribution in [-0.2, 0) is 4.79 Å². The summed E-state index contributed by atoms with van der Waals surface area (Å²) in [5.41, 5.74) is 3.27. The van der Waals surface area contributed by atoms with Crippen LogP contribution in [0.2, 0.25) is 0 Å². The third-order valence-corrected chi connectivity index (χ3v) is 4.79. The van der Waals surface area contributed by atoms with Crippen LogP contribution in [0.5, 0.6) is 5.75 Å². The second-order valence-corrected chi connectivity index (χ2v) is 7.20. The second kappa shape index (κ2) is 10.4. The summed E-state index contributed by atoms with van der Waals surface area (Å²) in [6.07, 6.45) is 0. The van der Waals surface area contributed by atoms with Crippen LogP contribution in [0.25, 0.3) is 0 Å². The van der Waals surface area contributed by atoms with Crippen molar-refractivity contribution in [3.05, 3.63) is 95.6 Å². The van der Waals surface area contributed by atoms with Gasteiger partial charge in [0.2, 0.25) is 0 Å². The molecule has 0 saturated carbocycles. The molecule has 3 aromatic carbocycles. The normalized spacial score (nSPS) is 11.5. The van der Waals surface area contributed by atoms with Gasteiger partial charge in [-0.3, -0.25) is 9.59 Å². The molecule has 0 spiro atoms. The fraction of sp³-hybridized carbons (Fsp3) is 0.200. The lowest BCUT2D eigenvalue weighted by atomic mass is 10.1. The molecule has 0 aliphatic heterocycles. The number of nitrogens with one attached hydrogen (secondary N) is 1. The number of rotatable bonds is 9. The number of anilines is 1. The summed E-state index contributed by atoms with van der Waals surface area (Å²) >= 11 is 0. The quantitative estimate of drug-likeness (QED) is 0.424. The number of hydrogen-bond donors (Lipinski definition) is 2. The van der Waals surface area contributed by atoms with Gasteiger partial charge in [0.25, 0.3) is 5.91 Å². The van der Waals surface area contributed by atoms with Gasteiger partial charge < -0.3 is 15.4 Å². The summed E-state index contributed by atoms with van der Waals surface area (Å²) in [6, 6.07) is 24.1. The number of Topliss-reactive ketones (excluding diaryl/α,β-unsaturated/α-hetero) is 1. The SMILES string of the molecule is CC(=O)c1cccc(NC(=O)[C@@H]([NH2+]CCOc2ccc(C)cc2)c2ccccc2)c1. The first kappa shape index (κ1) is 21.3. The Balaban J connectivity index is 1.65. The van der Waals surface area contributed by atoms with Crippen molar-refractivity contribution >= 4 is 17.4 Å². The van der Waals surface area contributed by atoms with Crippen molar-refractivity contribution in [3.8, 4) is 5.75 Å². The van der Waals surface area contributed by atoms with Gasteiger partial charge in [-0.25, -0.2) is 0 Å². The lowest BCUT2D eigenvalue weighted by Gasteiger charge is -2.16. The highest BCUT2D eigenvalue weighted by molar-refractivity contribution is 5.98. The van der Waals surface area contributed by atoms with Crippen LogP contribution in [0, 0.1) is 6.92 Å². The van der Waals surface area contributed by atoms with Gasteiger partial charge in [-0.15, -0.1) is 0 Å². The van der Waals surface area contributed by atoms with Gasteiger partial charge in [-0.1, -0.05) is 60.2 Å². The Hall–Kier alpha value is -3.44. The van der Waals surface area contributed by atoms with Gasteiger partial charge in [-0.05, 0) is 38.1 Å². The van der Waals surface area contributed by atoms with Crippen molar-refractivity contribution in [2.75, 3.05) is 18.5 Å². The monoisotopic (exact) mass is 403 g/mol. The third-order valence-electron chi connectivity index (χ3n) is 4.79. The predicted molar refractivity (Wildman–Crippen MR) is 118 cm³/mol.